The maximum Gasteiger partial charge on any atom is 0.111 e. The van der Waals surface area contributed by atoms with Crippen LogP contribution in [0.1, 0.15) is 16.6 Å². The highest BCUT2D eigenvalue weighted by molar-refractivity contribution is 7.18. The Morgan fingerprint density at radius 2 is 1.72 bits per heavy atom. The molecule has 2 aromatic carbocycles. The van der Waals surface area contributed by atoms with Crippen molar-refractivity contribution in [3.63, 3.8) is 0 Å². The van der Waals surface area contributed by atoms with E-state index in [1.165, 1.54) is 10.3 Å². The van der Waals surface area contributed by atoms with E-state index in [2.05, 4.69) is 23.2 Å². The van der Waals surface area contributed by atoms with Crippen molar-refractivity contribution in [2.75, 3.05) is 0 Å². The minimum absolute atomic E-state index is 0.0233. The van der Waals surface area contributed by atoms with Crippen molar-refractivity contribution in [2.45, 2.75) is 12.5 Å². The fourth-order valence-electron chi connectivity index (χ4n) is 2.00. The zero-order valence-corrected chi connectivity index (χ0v) is 10.7. The van der Waals surface area contributed by atoms with Crippen LogP contribution in [0.5, 0.6) is 0 Å². The van der Waals surface area contributed by atoms with Crippen molar-refractivity contribution in [1.82, 2.24) is 4.98 Å². The monoisotopic (exact) mass is 254 g/mol. The second-order valence-corrected chi connectivity index (χ2v) is 5.38. The number of para-hydroxylation sites is 1. The van der Waals surface area contributed by atoms with Crippen molar-refractivity contribution in [3.05, 3.63) is 65.2 Å². The van der Waals surface area contributed by atoms with Gasteiger partial charge in [-0.25, -0.2) is 4.98 Å². The van der Waals surface area contributed by atoms with Crippen LogP contribution in [0.3, 0.4) is 0 Å². The molecule has 3 aromatic rings. The predicted molar refractivity (Wildman–Crippen MR) is 76.7 cm³/mol. The summed E-state index contributed by atoms with van der Waals surface area (Å²) in [4.78, 5) is 4.60. The van der Waals surface area contributed by atoms with E-state index in [4.69, 9.17) is 5.73 Å². The van der Waals surface area contributed by atoms with Crippen molar-refractivity contribution in [2.24, 2.45) is 5.73 Å². The Bertz CT molecular complexity index is 613. The summed E-state index contributed by atoms with van der Waals surface area (Å²) in [5.41, 5.74) is 8.54. The van der Waals surface area contributed by atoms with E-state index in [1.807, 2.05) is 36.4 Å². The van der Waals surface area contributed by atoms with Crippen LogP contribution in [0.2, 0.25) is 0 Å². The molecule has 2 nitrogen and oxygen atoms in total. The smallest absolute Gasteiger partial charge is 0.111 e. The number of hydrogen-bond donors (Lipinski definition) is 1. The molecule has 1 atom stereocenters. The number of nitrogens with two attached hydrogens (primary N) is 1. The molecular weight excluding hydrogens is 240 g/mol. The second-order valence-electron chi connectivity index (χ2n) is 4.32. The van der Waals surface area contributed by atoms with E-state index in [-0.39, 0.29) is 6.04 Å². The second kappa shape index (κ2) is 4.88. The van der Waals surface area contributed by atoms with Gasteiger partial charge in [-0.1, -0.05) is 42.5 Å². The highest BCUT2D eigenvalue weighted by atomic mass is 32.1. The van der Waals surface area contributed by atoms with Crippen molar-refractivity contribution in [3.8, 4) is 0 Å². The largest absolute Gasteiger partial charge is 0.322 e. The van der Waals surface area contributed by atoms with Gasteiger partial charge in [-0.2, -0.15) is 0 Å². The third-order valence-corrected chi connectivity index (χ3v) is 4.09. The lowest BCUT2D eigenvalue weighted by molar-refractivity contribution is 0.717. The molecule has 0 fully saturated rings. The first-order valence-electron chi connectivity index (χ1n) is 5.98. The molecule has 0 aliphatic rings. The minimum atomic E-state index is -0.0233. The summed E-state index contributed by atoms with van der Waals surface area (Å²) in [6.07, 6.45) is 0.834. The number of thiazole rings is 1. The fraction of sp³-hybridized carbons (Fsp3) is 0.133. The van der Waals surface area contributed by atoms with E-state index in [0.29, 0.717) is 0 Å². The summed E-state index contributed by atoms with van der Waals surface area (Å²) >= 11 is 1.69. The van der Waals surface area contributed by atoms with Crippen LogP contribution in [0, 0.1) is 0 Å². The molecule has 3 heteroatoms. The zero-order chi connectivity index (χ0) is 12.4. The summed E-state index contributed by atoms with van der Waals surface area (Å²) in [7, 11) is 0. The van der Waals surface area contributed by atoms with Gasteiger partial charge in [0.1, 0.15) is 5.01 Å². The lowest BCUT2D eigenvalue weighted by atomic mass is 10.1. The number of benzene rings is 2. The molecule has 90 valence electrons. The van der Waals surface area contributed by atoms with E-state index in [0.717, 1.165) is 16.9 Å². The maximum absolute atomic E-state index is 6.24. The molecule has 2 N–H and O–H groups in total. The molecule has 0 spiro atoms. The molecule has 0 saturated carbocycles. The lowest BCUT2D eigenvalue weighted by Gasteiger charge is -2.07. The molecule has 0 unspecified atom stereocenters. The molecule has 18 heavy (non-hydrogen) atoms. The summed E-state index contributed by atoms with van der Waals surface area (Å²) in [5.74, 6) is 0. The minimum Gasteiger partial charge on any atom is -0.322 e. The number of rotatable bonds is 3. The van der Waals surface area contributed by atoms with E-state index < -0.39 is 0 Å². The van der Waals surface area contributed by atoms with Crippen LogP contribution >= 0.6 is 11.3 Å². The van der Waals surface area contributed by atoms with Gasteiger partial charge in [-0.3, -0.25) is 0 Å². The van der Waals surface area contributed by atoms with Gasteiger partial charge in [-0.05, 0) is 24.1 Å². The number of fused-ring (bicyclic) bond motifs is 1. The molecule has 1 heterocycles. The third kappa shape index (κ3) is 2.28. The van der Waals surface area contributed by atoms with Crippen LogP contribution in [-0.2, 0) is 6.42 Å². The standard InChI is InChI=1S/C15H14N2S/c16-12(10-11-6-2-1-3-7-11)15-17-13-8-4-5-9-14(13)18-15/h1-9,12H,10,16H2/t12-/m1/s1. The molecule has 0 radical (unpaired) electrons. The van der Waals surface area contributed by atoms with Crippen molar-refractivity contribution in [1.29, 1.82) is 0 Å². The first-order chi connectivity index (χ1) is 8.83. The van der Waals surface area contributed by atoms with Gasteiger partial charge in [-0.15, -0.1) is 11.3 Å². The summed E-state index contributed by atoms with van der Waals surface area (Å²) in [6.45, 7) is 0. The van der Waals surface area contributed by atoms with Gasteiger partial charge in [0.15, 0.2) is 0 Å². The van der Waals surface area contributed by atoms with Crippen LogP contribution in [-0.4, -0.2) is 4.98 Å². The molecule has 0 aliphatic heterocycles. The Balaban J connectivity index is 1.86. The zero-order valence-electron chi connectivity index (χ0n) is 9.91. The Morgan fingerprint density at radius 3 is 2.50 bits per heavy atom. The number of nitrogens with zero attached hydrogens (tertiary/aromatic N) is 1. The van der Waals surface area contributed by atoms with Crippen molar-refractivity contribution >= 4 is 21.6 Å². The molecule has 0 aliphatic carbocycles. The van der Waals surface area contributed by atoms with Crippen LogP contribution in [0.25, 0.3) is 10.2 Å². The van der Waals surface area contributed by atoms with Gasteiger partial charge in [0.05, 0.1) is 16.3 Å². The van der Waals surface area contributed by atoms with Gasteiger partial charge >= 0.3 is 0 Å². The average molecular weight is 254 g/mol. The normalized spacial score (nSPS) is 12.7. The van der Waals surface area contributed by atoms with Crippen LogP contribution in [0.4, 0.5) is 0 Å². The highest BCUT2D eigenvalue weighted by Crippen LogP contribution is 2.26. The predicted octanol–water partition coefficient (Wildman–Crippen LogP) is 3.54. The Morgan fingerprint density at radius 1 is 1.00 bits per heavy atom. The van der Waals surface area contributed by atoms with Gasteiger partial charge in [0, 0.05) is 0 Å². The number of hydrogen-bond acceptors (Lipinski definition) is 3. The third-order valence-electron chi connectivity index (χ3n) is 2.93. The molecular formula is C15H14N2S. The lowest BCUT2D eigenvalue weighted by Crippen LogP contribution is -2.12. The van der Waals surface area contributed by atoms with E-state index in [1.54, 1.807) is 11.3 Å². The Hall–Kier alpha value is -1.71. The van der Waals surface area contributed by atoms with Gasteiger partial charge < -0.3 is 5.73 Å². The highest BCUT2D eigenvalue weighted by Gasteiger charge is 2.12. The molecule has 0 saturated heterocycles. The molecule has 3 rings (SSSR count). The molecule has 0 amide bonds. The van der Waals surface area contributed by atoms with E-state index in [9.17, 15) is 0 Å². The van der Waals surface area contributed by atoms with Crippen molar-refractivity contribution < 1.29 is 0 Å². The van der Waals surface area contributed by atoms with E-state index >= 15 is 0 Å². The molecule has 0 bridgehead atoms. The Kier molecular flexibility index (Phi) is 3.09. The van der Waals surface area contributed by atoms with Gasteiger partial charge in [0.2, 0.25) is 0 Å². The summed E-state index contributed by atoms with van der Waals surface area (Å²) < 4.78 is 1.20. The quantitative estimate of drug-likeness (QED) is 0.776. The molecule has 1 aromatic heterocycles. The van der Waals surface area contributed by atoms with Crippen LogP contribution in [0.15, 0.2) is 54.6 Å². The van der Waals surface area contributed by atoms with Crippen LogP contribution < -0.4 is 5.73 Å². The fourth-order valence-corrected chi connectivity index (χ4v) is 2.97. The maximum atomic E-state index is 6.24. The first kappa shape index (κ1) is 11.4. The average Bonchev–Trinajstić information content (AvgIpc) is 2.84. The number of aromatic nitrogens is 1. The topological polar surface area (TPSA) is 38.9 Å². The SMILES string of the molecule is N[C@H](Cc1ccccc1)c1nc2ccccc2s1. The Labute approximate surface area is 110 Å². The first-order valence-corrected chi connectivity index (χ1v) is 6.79. The summed E-state index contributed by atoms with van der Waals surface area (Å²) in [6, 6.07) is 18.5. The van der Waals surface area contributed by atoms with Gasteiger partial charge in [0.25, 0.3) is 0 Å². The summed E-state index contributed by atoms with van der Waals surface area (Å²) in [5, 5.41) is 1.01.